The molecule has 0 atom stereocenters. The van der Waals surface area contributed by atoms with Gasteiger partial charge in [0.1, 0.15) is 6.29 Å². The molecular formula is C15H20O. The Hall–Kier alpha value is -1.37. The summed E-state index contributed by atoms with van der Waals surface area (Å²) in [7, 11) is 0. The summed E-state index contributed by atoms with van der Waals surface area (Å²) in [5, 5.41) is 0. The smallest absolute Gasteiger partial charge is 0.145 e. The highest BCUT2D eigenvalue weighted by Gasteiger charge is 2.18. The number of hydrogen-bond acceptors (Lipinski definition) is 1. The third-order valence-electron chi connectivity index (χ3n) is 2.99. The quantitative estimate of drug-likeness (QED) is 0.539. The maximum absolute atomic E-state index is 10.7. The van der Waals surface area contributed by atoms with Crippen LogP contribution in [-0.4, -0.2) is 6.29 Å². The fraction of sp³-hybridized carbons (Fsp3) is 0.400. The summed E-state index contributed by atoms with van der Waals surface area (Å²) >= 11 is 0. The first kappa shape index (κ1) is 12.7. The average molecular weight is 216 g/mol. The van der Waals surface area contributed by atoms with Crippen LogP contribution in [0.25, 0.3) is 0 Å². The molecule has 0 aliphatic rings. The monoisotopic (exact) mass is 216 g/mol. The number of aldehydes is 1. The maximum atomic E-state index is 10.7. The molecule has 0 spiro atoms. The molecule has 0 radical (unpaired) electrons. The summed E-state index contributed by atoms with van der Waals surface area (Å²) in [6.45, 7) is 6.42. The molecule has 0 fully saturated rings. The fourth-order valence-electron chi connectivity index (χ4n) is 1.67. The third-order valence-corrected chi connectivity index (χ3v) is 2.99. The van der Waals surface area contributed by atoms with Gasteiger partial charge in [0, 0.05) is 0 Å². The van der Waals surface area contributed by atoms with Crippen molar-refractivity contribution in [3.63, 3.8) is 0 Å². The molecule has 0 bridgehead atoms. The highest BCUT2D eigenvalue weighted by Crippen LogP contribution is 2.27. The van der Waals surface area contributed by atoms with Crippen LogP contribution in [0.2, 0.25) is 0 Å². The number of benzene rings is 1. The largest absolute Gasteiger partial charge is 0.298 e. The first-order chi connectivity index (χ1) is 7.60. The van der Waals surface area contributed by atoms with Crippen molar-refractivity contribution in [1.82, 2.24) is 0 Å². The van der Waals surface area contributed by atoms with Crippen molar-refractivity contribution in [1.29, 1.82) is 0 Å². The number of allylic oxidation sites excluding steroid dienone is 2. The minimum absolute atomic E-state index is 0.0880. The van der Waals surface area contributed by atoms with Crippen molar-refractivity contribution in [2.75, 3.05) is 0 Å². The van der Waals surface area contributed by atoms with E-state index in [-0.39, 0.29) is 5.41 Å². The molecule has 1 aromatic carbocycles. The van der Waals surface area contributed by atoms with Crippen LogP contribution in [0.5, 0.6) is 0 Å². The highest BCUT2D eigenvalue weighted by molar-refractivity contribution is 5.72. The molecule has 1 aromatic rings. The van der Waals surface area contributed by atoms with Crippen LogP contribution in [0.4, 0.5) is 0 Å². The lowest BCUT2D eigenvalue weighted by Gasteiger charge is -2.23. The van der Waals surface area contributed by atoms with Crippen molar-refractivity contribution in [2.45, 2.75) is 39.0 Å². The van der Waals surface area contributed by atoms with E-state index in [9.17, 15) is 4.79 Å². The van der Waals surface area contributed by atoms with Gasteiger partial charge in [-0.05, 0) is 29.4 Å². The summed E-state index contributed by atoms with van der Waals surface area (Å²) in [5.41, 5.74) is 2.29. The summed E-state index contributed by atoms with van der Waals surface area (Å²) in [4.78, 5) is 10.7. The minimum Gasteiger partial charge on any atom is -0.298 e. The van der Waals surface area contributed by atoms with Crippen LogP contribution in [0.15, 0.2) is 42.0 Å². The molecule has 0 aliphatic heterocycles. The molecule has 0 saturated heterocycles. The molecule has 86 valence electrons. The van der Waals surface area contributed by atoms with Gasteiger partial charge in [0.15, 0.2) is 0 Å². The van der Waals surface area contributed by atoms with Crippen molar-refractivity contribution in [3.05, 3.63) is 47.5 Å². The van der Waals surface area contributed by atoms with E-state index in [1.165, 1.54) is 5.56 Å². The Bertz CT molecular complexity index is 360. The normalized spacial score (nSPS) is 12.6. The molecule has 1 nitrogen and oxygen atoms in total. The zero-order valence-corrected chi connectivity index (χ0v) is 10.4. The topological polar surface area (TPSA) is 17.1 Å². The number of rotatable bonds is 5. The zero-order valence-electron chi connectivity index (χ0n) is 10.4. The Morgan fingerprint density at radius 3 is 2.38 bits per heavy atom. The van der Waals surface area contributed by atoms with Gasteiger partial charge in [-0.1, -0.05) is 57.2 Å². The lowest BCUT2D eigenvalue weighted by molar-refractivity contribution is -0.105. The average Bonchev–Trinajstić information content (AvgIpc) is 2.31. The Balaban J connectivity index is 2.80. The molecular weight excluding hydrogens is 196 g/mol. The van der Waals surface area contributed by atoms with Gasteiger partial charge in [0.25, 0.3) is 0 Å². The lowest BCUT2D eigenvalue weighted by Crippen LogP contribution is -2.15. The van der Waals surface area contributed by atoms with Crippen LogP contribution in [0.3, 0.4) is 0 Å². The van der Waals surface area contributed by atoms with Gasteiger partial charge in [-0.15, -0.1) is 0 Å². The maximum Gasteiger partial charge on any atom is 0.145 e. The number of carbonyl (C=O) groups excluding carboxylic acids is 1. The zero-order chi connectivity index (χ0) is 12.0. The van der Waals surface area contributed by atoms with Gasteiger partial charge in [0.05, 0.1) is 0 Å². The molecule has 0 unspecified atom stereocenters. The SMILES string of the molecule is CCC(C=O)=CCC(C)(C)c1ccccc1. The van der Waals surface area contributed by atoms with E-state index in [0.29, 0.717) is 0 Å². The van der Waals surface area contributed by atoms with Crippen molar-refractivity contribution < 1.29 is 4.79 Å². The Labute approximate surface area is 98.2 Å². The van der Waals surface area contributed by atoms with E-state index in [1.54, 1.807) is 0 Å². The second-order valence-electron chi connectivity index (χ2n) is 4.70. The van der Waals surface area contributed by atoms with Crippen LogP contribution in [0, 0.1) is 0 Å². The summed E-state index contributed by atoms with van der Waals surface area (Å²) in [6, 6.07) is 10.4. The second kappa shape index (κ2) is 5.64. The van der Waals surface area contributed by atoms with Gasteiger partial charge in [-0.25, -0.2) is 0 Å². The first-order valence-electron chi connectivity index (χ1n) is 5.80. The molecule has 0 aromatic heterocycles. The second-order valence-corrected chi connectivity index (χ2v) is 4.70. The van der Waals surface area contributed by atoms with Crippen LogP contribution in [0.1, 0.15) is 39.2 Å². The van der Waals surface area contributed by atoms with E-state index in [0.717, 1.165) is 24.7 Å². The van der Waals surface area contributed by atoms with Crippen molar-refractivity contribution in [3.8, 4) is 0 Å². The molecule has 1 rings (SSSR count). The van der Waals surface area contributed by atoms with Gasteiger partial charge in [-0.3, -0.25) is 4.79 Å². The highest BCUT2D eigenvalue weighted by atomic mass is 16.1. The Morgan fingerprint density at radius 2 is 1.88 bits per heavy atom. The van der Waals surface area contributed by atoms with E-state index in [1.807, 2.05) is 13.0 Å². The van der Waals surface area contributed by atoms with Crippen LogP contribution in [-0.2, 0) is 10.2 Å². The van der Waals surface area contributed by atoms with Crippen LogP contribution >= 0.6 is 0 Å². The van der Waals surface area contributed by atoms with Gasteiger partial charge in [-0.2, -0.15) is 0 Å². The van der Waals surface area contributed by atoms with E-state index in [2.05, 4.69) is 44.2 Å². The van der Waals surface area contributed by atoms with E-state index >= 15 is 0 Å². The minimum atomic E-state index is 0.0880. The molecule has 0 amide bonds. The molecule has 0 aliphatic carbocycles. The molecule has 16 heavy (non-hydrogen) atoms. The van der Waals surface area contributed by atoms with Gasteiger partial charge < -0.3 is 0 Å². The first-order valence-corrected chi connectivity index (χ1v) is 5.80. The number of hydrogen-bond donors (Lipinski definition) is 0. The van der Waals surface area contributed by atoms with Gasteiger partial charge >= 0.3 is 0 Å². The molecule has 0 saturated carbocycles. The Kier molecular flexibility index (Phi) is 4.48. The van der Waals surface area contributed by atoms with Crippen molar-refractivity contribution in [2.24, 2.45) is 0 Å². The standard InChI is InChI=1S/C15H20O/c1-4-13(12-16)10-11-15(2,3)14-8-6-5-7-9-14/h5-10,12H,4,11H2,1-3H3. The Morgan fingerprint density at radius 1 is 1.25 bits per heavy atom. The third kappa shape index (κ3) is 3.34. The van der Waals surface area contributed by atoms with Crippen LogP contribution < -0.4 is 0 Å². The predicted molar refractivity (Wildman–Crippen MR) is 68.5 cm³/mol. The fourth-order valence-corrected chi connectivity index (χ4v) is 1.67. The summed E-state index contributed by atoms with van der Waals surface area (Å²) in [6.07, 6.45) is 4.73. The summed E-state index contributed by atoms with van der Waals surface area (Å²) < 4.78 is 0. The van der Waals surface area contributed by atoms with E-state index in [4.69, 9.17) is 0 Å². The summed E-state index contributed by atoms with van der Waals surface area (Å²) in [5.74, 6) is 0. The van der Waals surface area contributed by atoms with Gasteiger partial charge in [0.2, 0.25) is 0 Å². The predicted octanol–water partition coefficient (Wildman–Crippen LogP) is 3.89. The number of carbonyl (C=O) groups is 1. The van der Waals surface area contributed by atoms with Crippen molar-refractivity contribution >= 4 is 6.29 Å². The molecule has 0 heterocycles. The lowest BCUT2D eigenvalue weighted by atomic mass is 9.81. The van der Waals surface area contributed by atoms with E-state index < -0.39 is 0 Å². The molecule has 1 heteroatoms. The molecule has 0 N–H and O–H groups in total.